The molecule has 614 valence electrons. The summed E-state index contributed by atoms with van der Waals surface area (Å²) in [6.45, 7) is 40.7. The normalized spacial score (nSPS) is 11.5. The maximum atomic E-state index is 13.1. The van der Waals surface area contributed by atoms with Crippen LogP contribution in [-0.4, -0.2) is 63.0 Å². The van der Waals surface area contributed by atoms with Crippen molar-refractivity contribution in [1.82, 2.24) is 42.8 Å². The molecule has 0 radical (unpaired) electrons. The van der Waals surface area contributed by atoms with Crippen LogP contribution in [0, 0.1) is 19.7 Å². The Hall–Kier alpha value is -11.8. The van der Waals surface area contributed by atoms with Crippen LogP contribution in [0.3, 0.4) is 0 Å². The van der Waals surface area contributed by atoms with E-state index in [1.54, 1.807) is 51.3 Å². The molecule has 13 aromatic rings. The van der Waals surface area contributed by atoms with E-state index in [4.69, 9.17) is 4.74 Å². The molecule has 0 bridgehead atoms. The fourth-order valence-electron chi connectivity index (χ4n) is 12.8. The Bertz CT molecular complexity index is 5270. The molecule has 6 aromatic carbocycles. The van der Waals surface area contributed by atoms with Crippen LogP contribution < -0.4 is 31.9 Å². The minimum atomic E-state index is -0.395. The molecule has 0 atom stereocenters. The average molecular weight is 1580 g/mol. The van der Waals surface area contributed by atoms with Gasteiger partial charge >= 0.3 is 0 Å². The zero-order valence-electron chi connectivity index (χ0n) is 72.0. The number of aromatic nitrogens is 9. The van der Waals surface area contributed by atoms with Gasteiger partial charge in [-0.1, -0.05) is 255 Å². The number of halogens is 1. The van der Waals surface area contributed by atoms with Crippen LogP contribution in [0.15, 0.2) is 293 Å². The molecule has 0 unspecified atom stereocenters. The lowest BCUT2D eigenvalue weighted by atomic mass is 10.0. The number of ether oxygens (including phenoxy) is 1. The molecule has 8 heterocycles. The summed E-state index contributed by atoms with van der Waals surface area (Å²) >= 11 is 0. The Labute approximate surface area is 693 Å². The lowest BCUT2D eigenvalue weighted by molar-refractivity contribution is 0.407. The fourth-order valence-corrected chi connectivity index (χ4v) is 12.8. The Morgan fingerprint density at radius 1 is 0.368 bits per heavy atom. The van der Waals surface area contributed by atoms with Gasteiger partial charge in [0, 0.05) is 92.0 Å². The van der Waals surface area contributed by atoms with Gasteiger partial charge in [0.15, 0.2) is 0 Å². The Balaban J connectivity index is 0.000000171. The maximum Gasteiger partial charge on any atom is 0.253 e. The highest BCUT2D eigenvalue weighted by molar-refractivity contribution is 5.41. The molecule has 15 nitrogen and oxygen atoms in total. The highest BCUT2D eigenvalue weighted by atomic mass is 19.1. The van der Waals surface area contributed by atoms with Crippen molar-refractivity contribution in [3.8, 4) is 5.75 Å². The molecule has 14 rings (SSSR count). The molecular formula is C101H123FN10O5. The summed E-state index contributed by atoms with van der Waals surface area (Å²) < 4.78 is 28.9. The number of rotatable bonds is 21. The van der Waals surface area contributed by atoms with Gasteiger partial charge in [-0.25, -0.2) is 9.37 Å². The second kappa shape index (κ2) is 46.1. The van der Waals surface area contributed by atoms with Crippen molar-refractivity contribution in [1.29, 1.82) is 0 Å². The zero-order chi connectivity index (χ0) is 84.5. The van der Waals surface area contributed by atoms with Crippen molar-refractivity contribution in [2.24, 2.45) is 0 Å². The molecule has 117 heavy (non-hydrogen) atoms. The largest absolute Gasteiger partial charge is 0.496 e. The summed E-state index contributed by atoms with van der Waals surface area (Å²) in [5.74, 6) is 5.39. The SMILES string of the molecule is CC(C)c1ccc(Cn2cc(F)ccc2=O)cc1.CC(C)c1ccc(Cn2ccccc2=O)cc1.CC(C)c1ccc(Cn2cccn2)cc1.CC(C)c1ccc(N2CCCC2)nc1.COc1cc(C(C)C)ccc1Cn1ccccc1=O.Cc1cccn(Cc2ccc(C(C)C)cc2)c1=O.Cc1cnn(Cc2ccc(C(C)C)cc2)c1. The topological polar surface area (TPSA) is 149 Å². The van der Waals surface area contributed by atoms with Crippen LogP contribution in [0.25, 0.3) is 0 Å². The van der Waals surface area contributed by atoms with Gasteiger partial charge in [-0.05, 0) is 183 Å². The first-order chi connectivity index (χ1) is 56.1. The Morgan fingerprint density at radius 3 is 1.19 bits per heavy atom. The van der Waals surface area contributed by atoms with Crippen molar-refractivity contribution in [3.63, 3.8) is 0 Å². The van der Waals surface area contributed by atoms with E-state index >= 15 is 0 Å². The third-order valence-electron chi connectivity index (χ3n) is 20.4. The van der Waals surface area contributed by atoms with Gasteiger partial charge in [0.25, 0.3) is 22.2 Å². The predicted molar refractivity (Wildman–Crippen MR) is 481 cm³/mol. The summed E-state index contributed by atoms with van der Waals surface area (Å²) in [6.07, 6.45) is 19.1. The number of benzene rings is 6. The van der Waals surface area contributed by atoms with Crippen molar-refractivity contribution < 1.29 is 9.13 Å². The van der Waals surface area contributed by atoms with E-state index < -0.39 is 5.82 Å². The predicted octanol–water partition coefficient (Wildman–Crippen LogP) is 21.8. The first kappa shape index (κ1) is 90.8. The molecule has 16 heteroatoms. The maximum absolute atomic E-state index is 13.1. The molecule has 0 amide bonds. The van der Waals surface area contributed by atoms with E-state index in [-0.39, 0.29) is 22.2 Å². The van der Waals surface area contributed by atoms with Crippen LogP contribution in [0.1, 0.15) is 235 Å². The van der Waals surface area contributed by atoms with Gasteiger partial charge in [0.1, 0.15) is 17.4 Å². The highest BCUT2D eigenvalue weighted by Crippen LogP contribution is 2.27. The summed E-state index contributed by atoms with van der Waals surface area (Å²) in [5, 5.41) is 8.47. The van der Waals surface area contributed by atoms with Crippen molar-refractivity contribution >= 4 is 5.82 Å². The number of anilines is 1. The van der Waals surface area contributed by atoms with Crippen molar-refractivity contribution in [2.45, 2.75) is 204 Å². The minimum absolute atomic E-state index is 0.00232. The number of nitrogens with zero attached hydrogens (tertiary/aromatic N) is 10. The first-order valence-corrected chi connectivity index (χ1v) is 41.2. The van der Waals surface area contributed by atoms with Gasteiger partial charge in [-0.2, -0.15) is 10.2 Å². The van der Waals surface area contributed by atoms with Gasteiger partial charge in [0.2, 0.25) is 0 Å². The van der Waals surface area contributed by atoms with Gasteiger partial charge < -0.3 is 27.9 Å². The van der Waals surface area contributed by atoms with Crippen molar-refractivity contribution in [3.05, 3.63) is 405 Å². The molecule has 1 aliphatic rings. The summed E-state index contributed by atoms with van der Waals surface area (Å²) in [5.41, 5.74) is 18.1. The van der Waals surface area contributed by atoms with Crippen molar-refractivity contribution in [2.75, 3.05) is 25.1 Å². The van der Waals surface area contributed by atoms with Gasteiger partial charge in [0.05, 0.1) is 52.6 Å². The van der Waals surface area contributed by atoms with Gasteiger partial charge in [-0.15, -0.1) is 0 Å². The molecule has 0 spiro atoms. The zero-order valence-corrected chi connectivity index (χ0v) is 72.0. The summed E-state index contributed by atoms with van der Waals surface area (Å²) in [4.78, 5) is 53.6. The van der Waals surface area contributed by atoms with E-state index in [0.717, 1.165) is 52.5 Å². The smallest absolute Gasteiger partial charge is 0.253 e. The quantitative estimate of drug-likeness (QED) is 0.0685. The molecule has 7 aromatic heterocycles. The molecule has 1 fully saturated rings. The molecule has 1 aliphatic heterocycles. The van der Waals surface area contributed by atoms with Crippen LogP contribution in [0.5, 0.6) is 5.75 Å². The van der Waals surface area contributed by atoms with Crippen LogP contribution >= 0.6 is 0 Å². The highest BCUT2D eigenvalue weighted by Gasteiger charge is 2.15. The molecule has 0 saturated carbocycles. The van der Waals surface area contributed by atoms with Crippen LogP contribution in [-0.2, 0) is 39.3 Å². The van der Waals surface area contributed by atoms with Crippen LogP contribution in [0.2, 0.25) is 0 Å². The number of aryl methyl sites for hydroxylation is 2. The molecule has 0 N–H and O–H groups in total. The third-order valence-corrected chi connectivity index (χ3v) is 20.4. The number of pyridine rings is 5. The summed E-state index contributed by atoms with van der Waals surface area (Å²) in [7, 11) is 1.66. The monoisotopic (exact) mass is 1570 g/mol. The molecular weight excluding hydrogens is 1450 g/mol. The second-order valence-corrected chi connectivity index (χ2v) is 32.2. The van der Waals surface area contributed by atoms with E-state index in [1.807, 2.05) is 120 Å². The summed E-state index contributed by atoms with van der Waals surface area (Å²) in [6, 6.07) is 71.6. The minimum Gasteiger partial charge on any atom is -0.496 e. The second-order valence-electron chi connectivity index (χ2n) is 32.2. The average Bonchev–Trinajstić information content (AvgIpc) is 1.68. The Kier molecular flexibility index (Phi) is 35.7. The number of hydrogen-bond acceptors (Lipinski definition) is 9. The molecule has 0 aliphatic carbocycles. The number of hydrogen-bond donors (Lipinski definition) is 0. The van der Waals surface area contributed by atoms with Crippen LogP contribution in [0.4, 0.5) is 10.2 Å². The molecule has 1 saturated heterocycles. The number of methoxy groups -OCH3 is 1. The van der Waals surface area contributed by atoms with E-state index in [0.29, 0.717) is 67.6 Å². The van der Waals surface area contributed by atoms with E-state index in [9.17, 15) is 23.6 Å². The lowest BCUT2D eigenvalue weighted by Crippen LogP contribution is -2.21. The van der Waals surface area contributed by atoms with E-state index in [1.165, 1.54) is 104 Å². The standard InChI is InChI=1S/C16H19NO2.C16H19NO.C15H16FNO.C15H17NO.C14H18N2.C13H16N2.C12H18N2/c1-12(2)13-7-8-14(15(10-13)19-3)11-17-9-5-4-6-16(17)18;1-12(2)15-8-6-14(7-9-15)11-17-10-4-5-13(3)16(17)18;1-11(2)13-5-3-12(4-6-13)9-17-10-14(16)7-8-15(17)18;1-12(2)14-8-6-13(7-9-14)11-16-10-4-3-5-15(16)17;1-11(2)14-6-4-13(5-7-14)10-16-9-12(3)8-15-16;1-11(2)13-6-4-12(5-7-13)10-15-9-3-8-14-15;1-10(2)11-5-6-12(13-9-11)14-7-3-4-8-14/h4-10,12H,11H2,1-3H3;4-10,12H,11H2,1-3H3;3-8,10-11H,9H2,1-2H3;3-10,12H,11H2,1-2H3;4-9,11H,10H2,1-3H3;3-9,11H,10H2,1-2H3;5-6,9-10H,3-4,7-8H2,1-2H3. The Morgan fingerprint density at radius 2 is 0.778 bits per heavy atom. The van der Waals surface area contributed by atoms with Gasteiger partial charge in [-0.3, -0.25) is 28.5 Å². The third kappa shape index (κ3) is 29.8. The van der Waals surface area contributed by atoms with E-state index in [2.05, 4.69) is 245 Å². The lowest BCUT2D eigenvalue weighted by Gasteiger charge is -2.16. The fraction of sp³-hybridized carbons (Fsp3) is 0.337. The first-order valence-electron chi connectivity index (χ1n) is 41.2.